The number of ketones is 1. The fraction of sp³-hybridized carbons (Fsp3) is 0.692. The first-order valence-corrected chi connectivity index (χ1v) is 6.34. The molecule has 1 aromatic rings. The van der Waals surface area contributed by atoms with Gasteiger partial charge in [0.05, 0.1) is 0 Å². The van der Waals surface area contributed by atoms with Gasteiger partial charge in [0.1, 0.15) is 11.6 Å². The summed E-state index contributed by atoms with van der Waals surface area (Å²) in [6.07, 6.45) is 9.98. The van der Waals surface area contributed by atoms with Gasteiger partial charge in [-0.05, 0) is 19.8 Å². The molecule has 3 heteroatoms. The summed E-state index contributed by atoms with van der Waals surface area (Å²) in [7, 11) is 0. The smallest absolute Gasteiger partial charge is 0.136 e. The molecule has 1 aliphatic rings. The maximum absolute atomic E-state index is 11.9. The zero-order valence-corrected chi connectivity index (χ0v) is 9.98. The first-order valence-electron chi connectivity index (χ1n) is 6.34. The van der Waals surface area contributed by atoms with E-state index in [2.05, 4.69) is 16.5 Å². The van der Waals surface area contributed by atoms with Gasteiger partial charge in [-0.25, -0.2) is 4.98 Å². The Labute approximate surface area is 96.9 Å². The van der Waals surface area contributed by atoms with Gasteiger partial charge in [-0.2, -0.15) is 0 Å². The molecule has 0 N–H and O–H groups in total. The lowest BCUT2D eigenvalue weighted by molar-refractivity contribution is -0.122. The van der Waals surface area contributed by atoms with Gasteiger partial charge in [0.15, 0.2) is 0 Å². The second-order valence-corrected chi connectivity index (χ2v) is 4.60. The molecule has 0 bridgehead atoms. The van der Waals surface area contributed by atoms with E-state index in [1.807, 2.05) is 12.4 Å². The summed E-state index contributed by atoms with van der Waals surface area (Å²) in [4.78, 5) is 16.3. The molecule has 0 aromatic carbocycles. The van der Waals surface area contributed by atoms with E-state index in [1.54, 1.807) is 0 Å². The van der Waals surface area contributed by atoms with E-state index >= 15 is 0 Å². The molecule has 0 amide bonds. The highest BCUT2D eigenvalue weighted by Crippen LogP contribution is 2.23. The molecule has 1 fully saturated rings. The number of Topliss-reactive ketones (excluding diaryl/α,β-unsaturated/α-hetero) is 1. The molecule has 1 aromatic heterocycles. The van der Waals surface area contributed by atoms with Crippen molar-refractivity contribution in [3.05, 3.63) is 18.2 Å². The van der Waals surface area contributed by atoms with Crippen molar-refractivity contribution in [1.29, 1.82) is 0 Å². The van der Waals surface area contributed by atoms with Crippen molar-refractivity contribution in [3.63, 3.8) is 0 Å². The first kappa shape index (κ1) is 11.4. The predicted octanol–water partition coefficient (Wildman–Crippen LogP) is 2.59. The van der Waals surface area contributed by atoms with Gasteiger partial charge < -0.3 is 4.57 Å². The summed E-state index contributed by atoms with van der Waals surface area (Å²) >= 11 is 0. The zero-order valence-electron chi connectivity index (χ0n) is 9.98. The van der Waals surface area contributed by atoms with E-state index in [-0.39, 0.29) is 5.92 Å². The summed E-state index contributed by atoms with van der Waals surface area (Å²) in [6.45, 7) is 3.05. The molecule has 3 nitrogen and oxygen atoms in total. The number of carbonyl (C=O) groups is 1. The Morgan fingerprint density at radius 1 is 1.44 bits per heavy atom. The molecule has 2 rings (SSSR count). The average Bonchev–Trinajstić information content (AvgIpc) is 2.64. The number of hydrogen-bond donors (Lipinski definition) is 0. The predicted molar refractivity (Wildman–Crippen MR) is 63.2 cm³/mol. The number of hydrogen-bond acceptors (Lipinski definition) is 2. The lowest BCUT2D eigenvalue weighted by atomic mass is 9.95. The van der Waals surface area contributed by atoms with E-state index in [9.17, 15) is 4.79 Å². The number of rotatable bonds is 3. The fourth-order valence-corrected chi connectivity index (χ4v) is 2.49. The topological polar surface area (TPSA) is 34.9 Å². The van der Waals surface area contributed by atoms with Crippen LogP contribution in [0.2, 0.25) is 0 Å². The zero-order chi connectivity index (χ0) is 11.4. The Balaban J connectivity index is 2.04. The van der Waals surface area contributed by atoms with E-state index in [0.717, 1.165) is 38.1 Å². The maximum Gasteiger partial charge on any atom is 0.136 e. The molecule has 0 aliphatic heterocycles. The Bertz CT molecular complexity index is 357. The van der Waals surface area contributed by atoms with Crippen LogP contribution in [0, 0.1) is 5.92 Å². The van der Waals surface area contributed by atoms with Crippen LogP contribution in [0.15, 0.2) is 12.4 Å². The molecule has 0 spiro atoms. The molecule has 16 heavy (non-hydrogen) atoms. The third kappa shape index (κ3) is 2.52. The molecule has 1 saturated carbocycles. The van der Waals surface area contributed by atoms with E-state index < -0.39 is 0 Å². The van der Waals surface area contributed by atoms with Crippen molar-refractivity contribution in [2.24, 2.45) is 5.92 Å². The van der Waals surface area contributed by atoms with Gasteiger partial charge >= 0.3 is 0 Å². The number of aryl methyl sites for hydroxylation is 1. The van der Waals surface area contributed by atoms with Crippen molar-refractivity contribution < 1.29 is 4.79 Å². The molecular weight excluding hydrogens is 200 g/mol. The fourth-order valence-electron chi connectivity index (χ4n) is 2.49. The number of nitrogens with zero attached hydrogens (tertiary/aromatic N) is 2. The minimum atomic E-state index is 0.218. The van der Waals surface area contributed by atoms with Gasteiger partial charge in [-0.15, -0.1) is 0 Å². The number of aromatic nitrogens is 2. The molecule has 0 radical (unpaired) electrons. The summed E-state index contributed by atoms with van der Waals surface area (Å²) < 4.78 is 2.14. The Kier molecular flexibility index (Phi) is 3.75. The minimum Gasteiger partial charge on any atom is -0.335 e. The highest BCUT2D eigenvalue weighted by Gasteiger charge is 2.22. The Morgan fingerprint density at radius 2 is 2.31 bits per heavy atom. The molecule has 1 aliphatic carbocycles. The van der Waals surface area contributed by atoms with Crippen LogP contribution in [0.25, 0.3) is 0 Å². The number of imidazole rings is 1. The van der Waals surface area contributed by atoms with Gasteiger partial charge in [0, 0.05) is 37.7 Å². The summed E-state index contributed by atoms with van der Waals surface area (Å²) in [5.74, 6) is 1.74. The summed E-state index contributed by atoms with van der Waals surface area (Å²) in [5.41, 5.74) is 0. The van der Waals surface area contributed by atoms with Crippen molar-refractivity contribution in [1.82, 2.24) is 9.55 Å². The third-order valence-electron chi connectivity index (χ3n) is 3.50. The highest BCUT2D eigenvalue weighted by molar-refractivity contribution is 5.81. The Morgan fingerprint density at radius 3 is 3.12 bits per heavy atom. The van der Waals surface area contributed by atoms with Gasteiger partial charge in [-0.3, -0.25) is 4.79 Å². The molecule has 0 saturated heterocycles. The second-order valence-electron chi connectivity index (χ2n) is 4.60. The van der Waals surface area contributed by atoms with Crippen molar-refractivity contribution in [3.8, 4) is 0 Å². The second kappa shape index (κ2) is 5.28. The average molecular weight is 220 g/mol. The first-order chi connectivity index (χ1) is 7.81. The normalized spacial score (nSPS) is 22.1. The summed E-state index contributed by atoms with van der Waals surface area (Å²) in [5, 5.41) is 0. The standard InChI is InChI=1S/C13H20N2O/c1-2-15-9-8-14-13(15)10-11-6-4-3-5-7-12(11)16/h8-9,11H,2-7,10H2,1H3. The Hall–Kier alpha value is -1.12. The molecule has 1 unspecified atom stereocenters. The van der Waals surface area contributed by atoms with Crippen LogP contribution >= 0.6 is 0 Å². The van der Waals surface area contributed by atoms with Crippen LogP contribution in [0.3, 0.4) is 0 Å². The van der Waals surface area contributed by atoms with Gasteiger partial charge in [0.25, 0.3) is 0 Å². The minimum absolute atomic E-state index is 0.218. The summed E-state index contributed by atoms with van der Waals surface area (Å²) in [6, 6.07) is 0. The molecule has 1 atom stereocenters. The monoisotopic (exact) mass is 220 g/mol. The molecule has 88 valence electrons. The quantitative estimate of drug-likeness (QED) is 0.734. The van der Waals surface area contributed by atoms with Crippen LogP contribution in [0.1, 0.15) is 44.9 Å². The van der Waals surface area contributed by atoms with E-state index in [0.29, 0.717) is 5.78 Å². The lowest BCUT2D eigenvalue weighted by Gasteiger charge is -2.13. The van der Waals surface area contributed by atoms with Crippen LogP contribution in [-0.4, -0.2) is 15.3 Å². The van der Waals surface area contributed by atoms with Crippen LogP contribution in [0.5, 0.6) is 0 Å². The van der Waals surface area contributed by atoms with Crippen molar-refractivity contribution >= 4 is 5.78 Å². The molecular formula is C13H20N2O. The van der Waals surface area contributed by atoms with Crippen LogP contribution in [0.4, 0.5) is 0 Å². The third-order valence-corrected chi connectivity index (χ3v) is 3.50. The van der Waals surface area contributed by atoms with Crippen molar-refractivity contribution in [2.45, 2.75) is 52.0 Å². The van der Waals surface area contributed by atoms with Gasteiger partial charge in [-0.1, -0.05) is 12.8 Å². The van der Waals surface area contributed by atoms with E-state index in [1.165, 1.54) is 12.8 Å². The van der Waals surface area contributed by atoms with Crippen molar-refractivity contribution in [2.75, 3.05) is 0 Å². The highest BCUT2D eigenvalue weighted by atomic mass is 16.1. The SMILES string of the molecule is CCn1ccnc1CC1CCCCCC1=O. The maximum atomic E-state index is 11.9. The molecule has 1 heterocycles. The van der Waals surface area contributed by atoms with Crippen LogP contribution < -0.4 is 0 Å². The lowest BCUT2D eigenvalue weighted by Crippen LogP contribution is -2.17. The van der Waals surface area contributed by atoms with Crippen LogP contribution in [-0.2, 0) is 17.8 Å². The largest absolute Gasteiger partial charge is 0.335 e. The van der Waals surface area contributed by atoms with Gasteiger partial charge in [0.2, 0.25) is 0 Å². The number of carbonyl (C=O) groups excluding carboxylic acids is 1. The van der Waals surface area contributed by atoms with E-state index in [4.69, 9.17) is 0 Å².